The van der Waals surface area contributed by atoms with E-state index in [2.05, 4.69) is 9.97 Å². The van der Waals surface area contributed by atoms with Crippen LogP contribution in [-0.4, -0.2) is 48.8 Å². The van der Waals surface area contributed by atoms with Gasteiger partial charge in [-0.2, -0.15) is 4.39 Å². The second kappa shape index (κ2) is 6.76. The first-order valence-electron chi connectivity index (χ1n) is 6.38. The van der Waals surface area contributed by atoms with Gasteiger partial charge in [-0.3, -0.25) is 4.79 Å². The molecular formula is C12H16FN3O3S. The largest absolute Gasteiger partial charge is 0.466 e. The molecule has 0 bridgehead atoms. The SMILES string of the molecule is CCOC(=O)Cc1nc(N2CCOCC2)c(F)c(=S)[nH]1. The van der Waals surface area contributed by atoms with Gasteiger partial charge in [0.2, 0.25) is 0 Å². The van der Waals surface area contributed by atoms with Crippen LogP contribution in [0.3, 0.4) is 0 Å². The van der Waals surface area contributed by atoms with Gasteiger partial charge in [-0.05, 0) is 6.92 Å². The van der Waals surface area contributed by atoms with Crippen molar-refractivity contribution in [3.8, 4) is 0 Å². The number of aromatic amines is 1. The predicted molar refractivity (Wildman–Crippen MR) is 72.7 cm³/mol. The Kier molecular flexibility index (Phi) is 5.02. The van der Waals surface area contributed by atoms with Crippen molar-refractivity contribution in [2.75, 3.05) is 37.8 Å². The van der Waals surface area contributed by atoms with Crippen molar-refractivity contribution in [3.63, 3.8) is 0 Å². The number of carbonyl (C=O) groups excluding carboxylic acids is 1. The Morgan fingerprint density at radius 3 is 2.90 bits per heavy atom. The summed E-state index contributed by atoms with van der Waals surface area (Å²) in [5, 5.41) is 0. The lowest BCUT2D eigenvalue weighted by Crippen LogP contribution is -2.37. The Labute approximate surface area is 120 Å². The number of rotatable bonds is 4. The number of carbonyl (C=O) groups is 1. The topological polar surface area (TPSA) is 67.4 Å². The number of H-pyrrole nitrogens is 1. The number of nitrogens with one attached hydrogen (secondary N) is 1. The maximum Gasteiger partial charge on any atom is 0.313 e. The molecule has 0 unspecified atom stereocenters. The molecule has 0 aliphatic carbocycles. The lowest BCUT2D eigenvalue weighted by atomic mass is 10.3. The number of halogens is 1. The third-order valence-corrected chi connectivity index (χ3v) is 3.10. The zero-order chi connectivity index (χ0) is 14.5. The summed E-state index contributed by atoms with van der Waals surface area (Å²) < 4.78 is 24.1. The van der Waals surface area contributed by atoms with Gasteiger partial charge >= 0.3 is 5.97 Å². The molecule has 1 N–H and O–H groups in total. The van der Waals surface area contributed by atoms with E-state index in [-0.39, 0.29) is 23.5 Å². The van der Waals surface area contributed by atoms with Gasteiger partial charge in [0.1, 0.15) is 16.9 Å². The van der Waals surface area contributed by atoms with Crippen molar-refractivity contribution < 1.29 is 18.7 Å². The van der Waals surface area contributed by atoms with Crippen LogP contribution in [0.5, 0.6) is 0 Å². The lowest BCUT2D eigenvalue weighted by Gasteiger charge is -2.28. The monoisotopic (exact) mass is 301 g/mol. The lowest BCUT2D eigenvalue weighted by molar-refractivity contribution is -0.142. The molecule has 0 radical (unpaired) electrons. The molecule has 8 heteroatoms. The predicted octanol–water partition coefficient (Wildman–Crippen LogP) is 1.22. The quantitative estimate of drug-likeness (QED) is 0.666. The van der Waals surface area contributed by atoms with Gasteiger partial charge in [-0.15, -0.1) is 0 Å². The number of morpholine rings is 1. The molecule has 0 saturated carbocycles. The van der Waals surface area contributed by atoms with Gasteiger partial charge in [-0.1, -0.05) is 12.2 Å². The number of hydrogen-bond acceptors (Lipinski definition) is 6. The first-order valence-corrected chi connectivity index (χ1v) is 6.79. The minimum atomic E-state index is -0.575. The van der Waals surface area contributed by atoms with Crippen LogP contribution in [0.1, 0.15) is 12.7 Å². The summed E-state index contributed by atoms with van der Waals surface area (Å²) in [5.74, 6) is -0.535. The summed E-state index contributed by atoms with van der Waals surface area (Å²) in [5.41, 5.74) is 0. The van der Waals surface area contributed by atoms with E-state index in [0.29, 0.717) is 32.1 Å². The van der Waals surface area contributed by atoms with Crippen LogP contribution < -0.4 is 4.90 Å². The molecule has 0 amide bonds. The first kappa shape index (κ1) is 14.9. The Balaban J connectivity index is 2.24. The zero-order valence-electron chi connectivity index (χ0n) is 11.1. The number of anilines is 1. The van der Waals surface area contributed by atoms with E-state index in [0.717, 1.165) is 0 Å². The highest BCUT2D eigenvalue weighted by Gasteiger charge is 2.19. The van der Waals surface area contributed by atoms with Crippen LogP contribution in [0.2, 0.25) is 0 Å². The molecule has 2 heterocycles. The van der Waals surface area contributed by atoms with Crippen LogP contribution in [0.25, 0.3) is 0 Å². The smallest absolute Gasteiger partial charge is 0.313 e. The van der Waals surface area contributed by atoms with Crippen LogP contribution in [-0.2, 0) is 20.7 Å². The summed E-state index contributed by atoms with van der Waals surface area (Å²) in [4.78, 5) is 20.0. The summed E-state index contributed by atoms with van der Waals surface area (Å²) >= 11 is 4.93. The highest BCUT2D eigenvalue weighted by Crippen LogP contribution is 2.18. The van der Waals surface area contributed by atoms with Crippen LogP contribution in [0, 0.1) is 10.5 Å². The molecule has 0 aromatic carbocycles. The highest BCUT2D eigenvalue weighted by molar-refractivity contribution is 7.71. The average Bonchev–Trinajstić information content (AvgIpc) is 2.44. The standard InChI is InChI=1S/C12H16FN3O3S/c1-2-19-9(17)7-8-14-11(10(13)12(20)15-8)16-3-5-18-6-4-16/h2-7H2,1H3,(H,14,15,20). The Morgan fingerprint density at radius 2 is 2.25 bits per heavy atom. The van der Waals surface area contributed by atoms with Crippen molar-refractivity contribution in [2.24, 2.45) is 0 Å². The maximum absolute atomic E-state index is 14.1. The number of hydrogen-bond donors (Lipinski definition) is 1. The molecule has 1 saturated heterocycles. The van der Waals surface area contributed by atoms with E-state index in [1.54, 1.807) is 11.8 Å². The maximum atomic E-state index is 14.1. The third kappa shape index (κ3) is 3.51. The van der Waals surface area contributed by atoms with Crippen molar-refractivity contribution in [1.29, 1.82) is 0 Å². The number of nitrogens with zero attached hydrogens (tertiary/aromatic N) is 2. The fraction of sp³-hybridized carbons (Fsp3) is 0.583. The number of esters is 1. The van der Waals surface area contributed by atoms with Gasteiger partial charge in [-0.25, -0.2) is 4.98 Å². The molecule has 0 atom stereocenters. The summed E-state index contributed by atoms with van der Waals surface area (Å²) in [6.07, 6.45) is -0.0604. The van der Waals surface area contributed by atoms with Crippen LogP contribution in [0.4, 0.5) is 10.2 Å². The van der Waals surface area contributed by atoms with Gasteiger partial charge < -0.3 is 19.4 Å². The minimum absolute atomic E-state index is 0.0548. The molecule has 6 nitrogen and oxygen atoms in total. The van der Waals surface area contributed by atoms with Gasteiger partial charge in [0.05, 0.1) is 19.8 Å². The molecule has 1 fully saturated rings. The number of ether oxygens (including phenoxy) is 2. The minimum Gasteiger partial charge on any atom is -0.466 e. The second-order valence-corrected chi connectivity index (χ2v) is 4.64. The Hall–Kier alpha value is -1.54. The molecular weight excluding hydrogens is 285 g/mol. The molecule has 0 spiro atoms. The third-order valence-electron chi connectivity index (χ3n) is 2.82. The fourth-order valence-electron chi connectivity index (χ4n) is 1.91. The summed E-state index contributed by atoms with van der Waals surface area (Å²) in [6.45, 7) is 4.12. The first-order chi connectivity index (χ1) is 9.61. The van der Waals surface area contributed by atoms with Crippen LogP contribution >= 0.6 is 12.2 Å². The molecule has 1 aromatic heterocycles. The molecule has 1 aliphatic rings. The summed E-state index contributed by atoms with van der Waals surface area (Å²) in [6, 6.07) is 0. The molecule has 20 heavy (non-hydrogen) atoms. The normalized spacial score (nSPS) is 15.2. The van der Waals surface area contributed by atoms with E-state index < -0.39 is 11.8 Å². The van der Waals surface area contributed by atoms with E-state index in [1.165, 1.54) is 0 Å². The van der Waals surface area contributed by atoms with E-state index in [1.807, 2.05) is 0 Å². The zero-order valence-corrected chi connectivity index (χ0v) is 12.0. The Morgan fingerprint density at radius 1 is 1.55 bits per heavy atom. The fourth-order valence-corrected chi connectivity index (χ4v) is 2.12. The van der Waals surface area contributed by atoms with Crippen molar-refractivity contribution in [1.82, 2.24) is 9.97 Å². The van der Waals surface area contributed by atoms with Crippen molar-refractivity contribution in [2.45, 2.75) is 13.3 Å². The molecule has 1 aliphatic heterocycles. The van der Waals surface area contributed by atoms with Crippen LogP contribution in [0.15, 0.2) is 0 Å². The second-order valence-electron chi connectivity index (χ2n) is 4.23. The van der Waals surface area contributed by atoms with E-state index in [9.17, 15) is 9.18 Å². The average molecular weight is 301 g/mol. The van der Waals surface area contributed by atoms with Crippen molar-refractivity contribution >= 4 is 24.0 Å². The molecule has 1 aromatic rings. The van der Waals surface area contributed by atoms with Gasteiger partial charge in [0.25, 0.3) is 0 Å². The number of aromatic nitrogens is 2. The highest BCUT2D eigenvalue weighted by atomic mass is 32.1. The van der Waals surface area contributed by atoms with E-state index >= 15 is 0 Å². The summed E-state index contributed by atoms with van der Waals surface area (Å²) in [7, 11) is 0. The molecule has 2 rings (SSSR count). The Bertz CT molecular complexity index is 543. The van der Waals surface area contributed by atoms with Gasteiger partial charge in [0.15, 0.2) is 11.6 Å². The molecule has 110 valence electrons. The van der Waals surface area contributed by atoms with E-state index in [4.69, 9.17) is 21.7 Å². The van der Waals surface area contributed by atoms with Crippen molar-refractivity contribution in [3.05, 3.63) is 16.3 Å². The van der Waals surface area contributed by atoms with Gasteiger partial charge in [0, 0.05) is 13.1 Å².